The van der Waals surface area contributed by atoms with Crippen molar-refractivity contribution in [2.75, 3.05) is 0 Å². The third-order valence-electron chi connectivity index (χ3n) is 2.42. The molecule has 6 heteroatoms. The maximum Gasteiger partial charge on any atom is 0.356 e. The smallest absolute Gasteiger partial charge is 0.356 e. The molecule has 0 radical (unpaired) electrons. The fourth-order valence-corrected chi connectivity index (χ4v) is 1.79. The molecule has 0 unspecified atom stereocenters. The Morgan fingerprint density at radius 1 is 1.33 bits per heavy atom. The van der Waals surface area contributed by atoms with Crippen molar-refractivity contribution in [2.45, 2.75) is 6.92 Å². The number of nitrogens with zero attached hydrogens (tertiary/aromatic N) is 2. The average molecular weight is 309 g/mol. The Kier molecular flexibility index (Phi) is 3.29. The maximum absolute atomic E-state index is 11.7. The standard InChI is InChI=1S/C12H9BrN2O3/c1-7-2-3-8(6-9(7)13)15-11(16)5-4-10(14-15)12(17)18/h2-6H,1H3,(H,17,18). The van der Waals surface area contributed by atoms with Gasteiger partial charge in [-0.05, 0) is 30.7 Å². The zero-order valence-corrected chi connectivity index (χ0v) is 11.0. The van der Waals surface area contributed by atoms with Crippen molar-refractivity contribution in [2.24, 2.45) is 0 Å². The summed E-state index contributed by atoms with van der Waals surface area (Å²) in [6, 6.07) is 7.62. The Bertz CT molecular complexity index is 679. The molecular weight excluding hydrogens is 300 g/mol. The number of carboxylic acid groups (broad SMARTS) is 1. The molecule has 0 atom stereocenters. The second-order valence-electron chi connectivity index (χ2n) is 3.71. The lowest BCUT2D eigenvalue weighted by molar-refractivity contribution is 0.0688. The van der Waals surface area contributed by atoms with Gasteiger partial charge in [0, 0.05) is 10.5 Å². The van der Waals surface area contributed by atoms with Crippen LogP contribution in [0.4, 0.5) is 0 Å². The van der Waals surface area contributed by atoms with E-state index in [1.807, 2.05) is 13.0 Å². The highest BCUT2D eigenvalue weighted by Gasteiger charge is 2.09. The lowest BCUT2D eigenvalue weighted by Crippen LogP contribution is -2.22. The molecule has 5 nitrogen and oxygen atoms in total. The first-order chi connectivity index (χ1) is 8.49. The molecule has 0 fully saturated rings. The van der Waals surface area contributed by atoms with E-state index in [1.165, 1.54) is 12.1 Å². The van der Waals surface area contributed by atoms with Crippen LogP contribution in [0.15, 0.2) is 39.6 Å². The first-order valence-electron chi connectivity index (χ1n) is 5.09. The summed E-state index contributed by atoms with van der Waals surface area (Å²) < 4.78 is 1.89. The fourth-order valence-electron chi connectivity index (χ4n) is 1.42. The highest BCUT2D eigenvalue weighted by Crippen LogP contribution is 2.18. The van der Waals surface area contributed by atoms with E-state index in [9.17, 15) is 9.59 Å². The third kappa shape index (κ3) is 2.33. The van der Waals surface area contributed by atoms with Crippen LogP contribution in [-0.2, 0) is 0 Å². The van der Waals surface area contributed by atoms with Crippen molar-refractivity contribution >= 4 is 21.9 Å². The van der Waals surface area contributed by atoms with Gasteiger partial charge in [0.2, 0.25) is 0 Å². The van der Waals surface area contributed by atoms with E-state index in [-0.39, 0.29) is 11.3 Å². The normalized spacial score (nSPS) is 10.3. The number of carboxylic acids is 1. The van der Waals surface area contributed by atoms with Crippen LogP contribution in [0.3, 0.4) is 0 Å². The second-order valence-corrected chi connectivity index (χ2v) is 4.56. The topological polar surface area (TPSA) is 72.2 Å². The largest absolute Gasteiger partial charge is 0.476 e. The predicted octanol–water partition coefficient (Wildman–Crippen LogP) is 2.00. The number of aromatic nitrogens is 2. The predicted molar refractivity (Wildman–Crippen MR) is 69.2 cm³/mol. The van der Waals surface area contributed by atoms with Gasteiger partial charge in [-0.2, -0.15) is 9.78 Å². The van der Waals surface area contributed by atoms with Crippen molar-refractivity contribution < 1.29 is 9.90 Å². The van der Waals surface area contributed by atoms with Crippen LogP contribution in [0.2, 0.25) is 0 Å². The molecule has 2 rings (SSSR count). The number of rotatable bonds is 2. The number of aromatic carboxylic acids is 1. The van der Waals surface area contributed by atoms with Crippen LogP contribution in [0.1, 0.15) is 16.1 Å². The minimum Gasteiger partial charge on any atom is -0.476 e. The van der Waals surface area contributed by atoms with E-state index in [0.29, 0.717) is 5.69 Å². The molecular formula is C12H9BrN2O3. The number of aryl methyl sites for hydroxylation is 1. The van der Waals surface area contributed by atoms with Crippen molar-refractivity contribution in [3.63, 3.8) is 0 Å². The summed E-state index contributed by atoms with van der Waals surface area (Å²) in [4.78, 5) is 22.5. The van der Waals surface area contributed by atoms with Gasteiger partial charge in [0.25, 0.3) is 5.56 Å². The summed E-state index contributed by atoms with van der Waals surface area (Å²) in [6.07, 6.45) is 0. The second kappa shape index (κ2) is 4.73. The zero-order valence-electron chi connectivity index (χ0n) is 9.42. The monoisotopic (exact) mass is 308 g/mol. The van der Waals surface area contributed by atoms with Gasteiger partial charge in [0.05, 0.1) is 5.69 Å². The van der Waals surface area contributed by atoms with Crippen LogP contribution in [0, 0.1) is 6.92 Å². The molecule has 2 aromatic rings. The van der Waals surface area contributed by atoms with Gasteiger partial charge < -0.3 is 5.11 Å². The first-order valence-corrected chi connectivity index (χ1v) is 5.88. The lowest BCUT2D eigenvalue weighted by atomic mass is 10.2. The summed E-state index contributed by atoms with van der Waals surface area (Å²) in [5.74, 6) is -1.17. The molecule has 1 aromatic carbocycles. The van der Waals surface area contributed by atoms with Gasteiger partial charge in [-0.3, -0.25) is 4.79 Å². The molecule has 0 aliphatic carbocycles. The number of hydrogen-bond acceptors (Lipinski definition) is 3. The van der Waals surface area contributed by atoms with Crippen LogP contribution in [-0.4, -0.2) is 20.9 Å². The first kappa shape index (κ1) is 12.5. The molecule has 92 valence electrons. The molecule has 0 spiro atoms. The molecule has 0 saturated heterocycles. The van der Waals surface area contributed by atoms with Gasteiger partial charge in [0.15, 0.2) is 5.69 Å². The number of hydrogen-bond donors (Lipinski definition) is 1. The average Bonchev–Trinajstić information content (AvgIpc) is 2.33. The summed E-state index contributed by atoms with van der Waals surface area (Å²) >= 11 is 3.36. The lowest BCUT2D eigenvalue weighted by Gasteiger charge is -2.06. The molecule has 0 bridgehead atoms. The molecule has 0 saturated carbocycles. The van der Waals surface area contributed by atoms with Crippen molar-refractivity contribution in [1.82, 2.24) is 9.78 Å². The van der Waals surface area contributed by atoms with Gasteiger partial charge in [0.1, 0.15) is 0 Å². The molecule has 0 aliphatic heterocycles. The summed E-state index contributed by atoms with van der Waals surface area (Å²) in [6.45, 7) is 1.91. The highest BCUT2D eigenvalue weighted by atomic mass is 79.9. The number of carbonyl (C=O) groups is 1. The van der Waals surface area contributed by atoms with Gasteiger partial charge >= 0.3 is 5.97 Å². The third-order valence-corrected chi connectivity index (χ3v) is 3.27. The van der Waals surface area contributed by atoms with Crippen LogP contribution in [0.25, 0.3) is 5.69 Å². The van der Waals surface area contributed by atoms with Crippen molar-refractivity contribution in [3.05, 3.63) is 56.4 Å². The van der Waals surface area contributed by atoms with Crippen LogP contribution >= 0.6 is 15.9 Å². The minimum absolute atomic E-state index is 0.175. The Balaban J connectivity index is 2.62. The van der Waals surface area contributed by atoms with E-state index in [0.717, 1.165) is 14.7 Å². The van der Waals surface area contributed by atoms with Crippen LogP contribution in [0.5, 0.6) is 0 Å². The quantitative estimate of drug-likeness (QED) is 0.921. The molecule has 1 aromatic heterocycles. The summed E-state index contributed by atoms with van der Waals surface area (Å²) in [5.41, 5.74) is 0.976. The van der Waals surface area contributed by atoms with E-state index < -0.39 is 5.97 Å². The maximum atomic E-state index is 11.7. The molecule has 1 N–H and O–H groups in total. The van der Waals surface area contributed by atoms with Gasteiger partial charge in [-0.1, -0.05) is 22.0 Å². The van der Waals surface area contributed by atoms with E-state index in [4.69, 9.17) is 5.11 Å². The molecule has 0 aliphatic rings. The van der Waals surface area contributed by atoms with Gasteiger partial charge in [-0.25, -0.2) is 4.79 Å². The molecule has 18 heavy (non-hydrogen) atoms. The number of benzene rings is 1. The Morgan fingerprint density at radius 2 is 2.06 bits per heavy atom. The van der Waals surface area contributed by atoms with E-state index in [1.54, 1.807) is 12.1 Å². The minimum atomic E-state index is -1.17. The van der Waals surface area contributed by atoms with Crippen LogP contribution < -0.4 is 5.56 Å². The number of halogens is 1. The van der Waals surface area contributed by atoms with E-state index in [2.05, 4.69) is 21.0 Å². The van der Waals surface area contributed by atoms with Crippen molar-refractivity contribution in [1.29, 1.82) is 0 Å². The summed E-state index contributed by atoms with van der Waals surface area (Å²) in [7, 11) is 0. The van der Waals surface area contributed by atoms with Gasteiger partial charge in [-0.15, -0.1) is 0 Å². The fraction of sp³-hybridized carbons (Fsp3) is 0.0833. The van der Waals surface area contributed by atoms with Crippen molar-refractivity contribution in [3.8, 4) is 5.69 Å². The Hall–Kier alpha value is -1.95. The highest BCUT2D eigenvalue weighted by molar-refractivity contribution is 9.10. The SMILES string of the molecule is Cc1ccc(-n2nc(C(=O)O)ccc2=O)cc1Br. The Labute approximate surface area is 111 Å². The summed E-state index contributed by atoms with van der Waals surface area (Å²) in [5, 5.41) is 12.7. The molecule has 1 heterocycles. The Morgan fingerprint density at radius 3 is 2.67 bits per heavy atom. The molecule has 0 amide bonds. The van der Waals surface area contributed by atoms with E-state index >= 15 is 0 Å². The zero-order chi connectivity index (χ0) is 13.3.